The van der Waals surface area contributed by atoms with Gasteiger partial charge in [0.25, 0.3) is 5.91 Å². The molecule has 1 aliphatic rings. The third-order valence-electron chi connectivity index (χ3n) is 2.82. The third kappa shape index (κ3) is 2.87. The number of carbonyl (C=O) groups excluding carboxylic acids is 1. The van der Waals surface area contributed by atoms with E-state index in [0.717, 1.165) is 17.0 Å². The minimum absolute atomic E-state index is 0.168. The van der Waals surface area contributed by atoms with Crippen molar-refractivity contribution in [2.75, 3.05) is 13.6 Å². The normalized spacial score (nSPS) is 13.6. The molecule has 1 N–H and O–H groups in total. The van der Waals surface area contributed by atoms with Crippen LogP contribution in [0.3, 0.4) is 0 Å². The molecule has 7 heteroatoms. The van der Waals surface area contributed by atoms with Gasteiger partial charge in [-0.1, -0.05) is 6.92 Å². The first kappa shape index (κ1) is 13.4. The van der Waals surface area contributed by atoms with E-state index in [1.54, 1.807) is 32.2 Å². The number of amides is 1. The number of carboxylic acids is 1. The predicted molar refractivity (Wildman–Crippen MR) is 71.7 cm³/mol. The molecule has 19 heavy (non-hydrogen) atoms. The van der Waals surface area contributed by atoms with Crippen LogP contribution in [-0.4, -0.2) is 35.5 Å². The third-order valence-corrected chi connectivity index (χ3v) is 3.37. The number of carbonyl (C=O) groups is 2. The Morgan fingerprint density at radius 2 is 2.05 bits per heavy atom. The molecule has 100 valence electrons. The fraction of sp³-hybridized carbons (Fsp3) is 0.333. The smallest absolute Gasteiger partial charge is 0.308 e. The summed E-state index contributed by atoms with van der Waals surface area (Å²) in [4.78, 5) is 24.3. The second-order valence-electron chi connectivity index (χ2n) is 4.39. The number of fused-ring (bicyclic) bond motifs is 1. The Morgan fingerprint density at radius 1 is 1.37 bits per heavy atom. The summed E-state index contributed by atoms with van der Waals surface area (Å²) in [7, 11) is 1.59. The first-order valence-corrected chi connectivity index (χ1v) is 6.42. The molecule has 0 radical (unpaired) electrons. The molecule has 1 aliphatic heterocycles. The van der Waals surface area contributed by atoms with E-state index in [1.165, 1.54) is 4.90 Å². The summed E-state index contributed by atoms with van der Waals surface area (Å²) in [6.45, 7) is 1.74. The Morgan fingerprint density at radius 3 is 2.74 bits per heavy atom. The highest BCUT2D eigenvalue weighted by Crippen LogP contribution is 2.32. The minimum Gasteiger partial charge on any atom is -0.481 e. The molecule has 1 aromatic carbocycles. The molecule has 1 atom stereocenters. The maximum atomic E-state index is 12.2. The molecule has 0 saturated heterocycles. The largest absolute Gasteiger partial charge is 0.481 e. The van der Waals surface area contributed by atoms with Crippen LogP contribution in [0.2, 0.25) is 0 Å². The van der Waals surface area contributed by atoms with E-state index < -0.39 is 11.9 Å². The van der Waals surface area contributed by atoms with Gasteiger partial charge in [-0.3, -0.25) is 9.59 Å². The Bertz CT molecular complexity index is 608. The first-order chi connectivity index (χ1) is 8.99. The van der Waals surface area contributed by atoms with Crippen LogP contribution in [0.1, 0.15) is 17.3 Å². The molecule has 0 saturated carbocycles. The molecule has 1 amide bonds. The van der Waals surface area contributed by atoms with E-state index in [-0.39, 0.29) is 12.5 Å². The highest BCUT2D eigenvalue weighted by atomic mass is 32.1. The van der Waals surface area contributed by atoms with E-state index in [2.05, 4.69) is 8.73 Å². The van der Waals surface area contributed by atoms with Crippen LogP contribution < -0.4 is 0 Å². The zero-order chi connectivity index (χ0) is 14.0. The number of hydrogen-bond donors (Lipinski definition) is 1. The van der Waals surface area contributed by atoms with Gasteiger partial charge < -0.3 is 10.0 Å². The number of aliphatic carboxylic acids is 1. The lowest BCUT2D eigenvalue weighted by Gasteiger charge is -2.19. The lowest BCUT2D eigenvalue weighted by molar-refractivity contribution is -0.141. The average molecular weight is 279 g/mol. The molecule has 1 aromatic rings. The second-order valence-corrected chi connectivity index (χ2v) is 4.92. The maximum absolute atomic E-state index is 12.2. The Labute approximate surface area is 113 Å². The fourth-order valence-corrected chi connectivity index (χ4v) is 2.22. The highest BCUT2D eigenvalue weighted by Gasteiger charge is 2.19. The monoisotopic (exact) mass is 279 g/mol. The SMILES string of the molecule is CC(CN(C)C(=O)c1ccc2c(c1)N=S=N2)C(=O)O. The molecule has 6 nitrogen and oxygen atoms in total. The number of rotatable bonds is 4. The minimum atomic E-state index is -0.918. The molecule has 0 aromatic heterocycles. The van der Waals surface area contributed by atoms with Gasteiger partial charge in [-0.25, -0.2) is 0 Å². The van der Waals surface area contributed by atoms with E-state index in [9.17, 15) is 9.59 Å². The predicted octanol–water partition coefficient (Wildman–Crippen LogP) is 2.21. The van der Waals surface area contributed by atoms with E-state index >= 15 is 0 Å². The Balaban J connectivity index is 2.12. The molecule has 0 spiro atoms. The summed E-state index contributed by atoms with van der Waals surface area (Å²) in [5.41, 5.74) is 1.92. The fourth-order valence-electron chi connectivity index (χ4n) is 1.71. The average Bonchev–Trinajstić information content (AvgIpc) is 2.84. The van der Waals surface area contributed by atoms with Crippen molar-refractivity contribution < 1.29 is 14.7 Å². The van der Waals surface area contributed by atoms with Crippen LogP contribution in [0.25, 0.3) is 0 Å². The molecule has 1 heterocycles. The first-order valence-electron chi connectivity index (χ1n) is 5.69. The summed E-state index contributed by atoms with van der Waals surface area (Å²) in [5.74, 6) is -1.74. The van der Waals surface area contributed by atoms with Crippen molar-refractivity contribution in [1.82, 2.24) is 4.90 Å². The van der Waals surface area contributed by atoms with Crippen molar-refractivity contribution in [2.45, 2.75) is 6.92 Å². The van der Waals surface area contributed by atoms with Crippen molar-refractivity contribution in [2.24, 2.45) is 14.6 Å². The Hall–Kier alpha value is -2.02. The number of benzene rings is 1. The van der Waals surface area contributed by atoms with Gasteiger partial charge >= 0.3 is 5.97 Å². The number of carboxylic acid groups (broad SMARTS) is 1. The Kier molecular flexibility index (Phi) is 3.75. The van der Waals surface area contributed by atoms with Crippen molar-refractivity contribution in [3.8, 4) is 0 Å². The van der Waals surface area contributed by atoms with Gasteiger partial charge in [-0.2, -0.15) is 8.73 Å². The number of nitrogens with zero attached hydrogens (tertiary/aromatic N) is 3. The lowest BCUT2D eigenvalue weighted by atomic mass is 10.1. The van der Waals surface area contributed by atoms with Crippen LogP contribution >= 0.6 is 0 Å². The zero-order valence-electron chi connectivity index (χ0n) is 10.5. The van der Waals surface area contributed by atoms with Gasteiger partial charge in [0.2, 0.25) is 0 Å². The van der Waals surface area contributed by atoms with Crippen LogP contribution in [0.15, 0.2) is 26.9 Å². The highest BCUT2D eigenvalue weighted by molar-refractivity contribution is 7.58. The molecular formula is C12H13N3O3S. The topological polar surface area (TPSA) is 82.3 Å². The van der Waals surface area contributed by atoms with Gasteiger partial charge in [0, 0.05) is 19.2 Å². The summed E-state index contributed by atoms with van der Waals surface area (Å²) in [6.07, 6.45) is 0. The van der Waals surface area contributed by atoms with E-state index in [1.807, 2.05) is 0 Å². The molecular weight excluding hydrogens is 266 g/mol. The van der Waals surface area contributed by atoms with Crippen LogP contribution in [-0.2, 0) is 16.1 Å². The molecule has 0 fully saturated rings. The number of hydrogen-bond acceptors (Lipinski definition) is 4. The zero-order valence-corrected chi connectivity index (χ0v) is 11.3. The lowest BCUT2D eigenvalue weighted by Crippen LogP contribution is -2.33. The van der Waals surface area contributed by atoms with E-state index in [4.69, 9.17) is 5.11 Å². The van der Waals surface area contributed by atoms with Crippen LogP contribution in [0, 0.1) is 5.92 Å². The summed E-state index contributed by atoms with van der Waals surface area (Å²) >= 11 is 1.09. The summed E-state index contributed by atoms with van der Waals surface area (Å²) in [6, 6.07) is 5.08. The quantitative estimate of drug-likeness (QED) is 0.931. The van der Waals surface area contributed by atoms with Crippen LogP contribution in [0.4, 0.5) is 11.4 Å². The molecule has 2 rings (SSSR count). The molecule has 1 unspecified atom stereocenters. The standard InChI is InChI=1S/C12H13N3O3S/c1-7(12(17)18)6-15(2)11(16)8-3-4-9-10(5-8)14-19-13-9/h3-5,7H,6H2,1-2H3,(H,17,18). The second kappa shape index (κ2) is 5.31. The van der Waals surface area contributed by atoms with Crippen LogP contribution in [0.5, 0.6) is 0 Å². The molecule has 0 bridgehead atoms. The maximum Gasteiger partial charge on any atom is 0.308 e. The van der Waals surface area contributed by atoms with Crippen molar-refractivity contribution >= 4 is 34.6 Å². The van der Waals surface area contributed by atoms with Gasteiger partial charge in [-0.05, 0) is 18.2 Å². The van der Waals surface area contributed by atoms with Gasteiger partial charge in [0.1, 0.15) is 11.4 Å². The van der Waals surface area contributed by atoms with Crippen molar-refractivity contribution in [3.63, 3.8) is 0 Å². The summed E-state index contributed by atoms with van der Waals surface area (Å²) in [5, 5.41) is 8.84. The molecule has 0 aliphatic carbocycles. The van der Waals surface area contributed by atoms with Crippen molar-refractivity contribution in [1.29, 1.82) is 0 Å². The van der Waals surface area contributed by atoms with E-state index in [0.29, 0.717) is 11.3 Å². The van der Waals surface area contributed by atoms with Gasteiger partial charge in [0.15, 0.2) is 0 Å². The van der Waals surface area contributed by atoms with Gasteiger partial charge in [-0.15, -0.1) is 0 Å². The summed E-state index contributed by atoms with van der Waals surface area (Å²) < 4.78 is 8.14. The van der Waals surface area contributed by atoms with Crippen molar-refractivity contribution in [3.05, 3.63) is 23.8 Å². The van der Waals surface area contributed by atoms with Gasteiger partial charge in [0.05, 0.1) is 17.3 Å².